The number of amides is 2. The van der Waals surface area contributed by atoms with E-state index in [2.05, 4.69) is 10.6 Å². The summed E-state index contributed by atoms with van der Waals surface area (Å²) in [5, 5.41) is 5.58. The zero-order valence-electron chi connectivity index (χ0n) is 17.8. The second-order valence-corrected chi connectivity index (χ2v) is 7.58. The molecule has 1 heterocycles. The molecule has 2 aromatic carbocycles. The quantitative estimate of drug-likeness (QED) is 0.659. The van der Waals surface area contributed by atoms with Crippen molar-refractivity contribution in [3.8, 4) is 5.75 Å². The number of carbonyl (C=O) groups excluding carboxylic acids is 2. The Balaban J connectivity index is 1.86. The van der Waals surface area contributed by atoms with Crippen LogP contribution < -0.4 is 15.4 Å². The van der Waals surface area contributed by atoms with Crippen molar-refractivity contribution >= 4 is 12.0 Å². The molecule has 6 heteroatoms. The number of benzene rings is 2. The highest BCUT2D eigenvalue weighted by molar-refractivity contribution is 5.95. The monoisotopic (exact) mass is 408 g/mol. The SMILES string of the molecule is CCC1=C(C(=O)OC(C)C)C(c2cccc(OCc3ccc(C)cc3)c2)NC(=O)N1. The molecule has 2 N–H and O–H groups in total. The highest BCUT2D eigenvalue weighted by Crippen LogP contribution is 2.31. The van der Waals surface area contributed by atoms with E-state index in [1.165, 1.54) is 5.56 Å². The predicted octanol–water partition coefficient (Wildman–Crippen LogP) is 4.54. The number of ether oxygens (including phenoxy) is 2. The van der Waals surface area contributed by atoms with Crippen LogP contribution in [0.25, 0.3) is 0 Å². The van der Waals surface area contributed by atoms with Crippen LogP contribution >= 0.6 is 0 Å². The molecular weight excluding hydrogens is 380 g/mol. The third-order valence-corrected chi connectivity index (χ3v) is 4.79. The molecule has 0 aliphatic carbocycles. The van der Waals surface area contributed by atoms with Crippen LogP contribution in [-0.4, -0.2) is 18.1 Å². The summed E-state index contributed by atoms with van der Waals surface area (Å²) < 4.78 is 11.4. The van der Waals surface area contributed by atoms with Crippen LogP contribution in [0.3, 0.4) is 0 Å². The highest BCUT2D eigenvalue weighted by Gasteiger charge is 2.33. The average Bonchev–Trinajstić information content (AvgIpc) is 2.72. The lowest BCUT2D eigenvalue weighted by molar-refractivity contribution is -0.143. The first-order valence-electron chi connectivity index (χ1n) is 10.2. The van der Waals surface area contributed by atoms with E-state index in [0.29, 0.717) is 30.0 Å². The first-order valence-corrected chi connectivity index (χ1v) is 10.2. The number of carbonyl (C=O) groups is 2. The normalized spacial score (nSPS) is 16.2. The number of hydrogen-bond acceptors (Lipinski definition) is 4. The molecule has 2 aromatic rings. The van der Waals surface area contributed by atoms with E-state index in [1.807, 2.05) is 62.4 Å². The topological polar surface area (TPSA) is 76.7 Å². The van der Waals surface area contributed by atoms with Gasteiger partial charge in [0.25, 0.3) is 0 Å². The van der Waals surface area contributed by atoms with Gasteiger partial charge in [0.15, 0.2) is 0 Å². The molecule has 1 aliphatic heterocycles. The lowest BCUT2D eigenvalue weighted by Gasteiger charge is -2.29. The third kappa shape index (κ3) is 5.20. The zero-order chi connectivity index (χ0) is 21.7. The van der Waals surface area contributed by atoms with E-state index in [1.54, 1.807) is 13.8 Å². The molecule has 3 rings (SSSR count). The number of allylic oxidation sites excluding steroid dienone is 1. The number of aryl methyl sites for hydroxylation is 1. The van der Waals surface area contributed by atoms with Crippen LogP contribution in [0.15, 0.2) is 59.8 Å². The molecule has 0 fully saturated rings. The van der Waals surface area contributed by atoms with E-state index < -0.39 is 12.0 Å². The van der Waals surface area contributed by atoms with Gasteiger partial charge in [-0.25, -0.2) is 9.59 Å². The summed E-state index contributed by atoms with van der Waals surface area (Å²) in [7, 11) is 0. The van der Waals surface area contributed by atoms with E-state index in [9.17, 15) is 9.59 Å². The van der Waals surface area contributed by atoms with Gasteiger partial charge < -0.3 is 20.1 Å². The molecule has 2 amide bonds. The van der Waals surface area contributed by atoms with Crippen LogP contribution in [0.1, 0.15) is 49.9 Å². The van der Waals surface area contributed by atoms with E-state index >= 15 is 0 Å². The molecular formula is C24H28N2O4. The maximum atomic E-state index is 12.8. The molecule has 0 bridgehead atoms. The molecule has 30 heavy (non-hydrogen) atoms. The van der Waals surface area contributed by atoms with Crippen molar-refractivity contribution in [3.05, 3.63) is 76.5 Å². The Bertz CT molecular complexity index is 948. The summed E-state index contributed by atoms with van der Waals surface area (Å²) in [5.41, 5.74) is 4.01. The first kappa shape index (κ1) is 21.4. The summed E-state index contributed by atoms with van der Waals surface area (Å²) in [6, 6.07) is 14.6. The molecule has 158 valence electrons. The van der Waals surface area contributed by atoms with Crippen LogP contribution in [-0.2, 0) is 16.1 Å². The number of hydrogen-bond donors (Lipinski definition) is 2. The highest BCUT2D eigenvalue weighted by atomic mass is 16.5. The van der Waals surface area contributed by atoms with Gasteiger partial charge >= 0.3 is 12.0 Å². The smallest absolute Gasteiger partial charge is 0.338 e. The Morgan fingerprint density at radius 2 is 1.87 bits per heavy atom. The minimum absolute atomic E-state index is 0.259. The largest absolute Gasteiger partial charge is 0.489 e. The fraction of sp³-hybridized carbons (Fsp3) is 0.333. The Morgan fingerprint density at radius 1 is 1.13 bits per heavy atom. The number of esters is 1. The Kier molecular flexibility index (Phi) is 6.77. The van der Waals surface area contributed by atoms with E-state index in [-0.39, 0.29) is 12.1 Å². The standard InChI is InChI=1S/C24H28N2O4/c1-5-20-21(23(27)30-15(2)3)22(26-24(28)25-20)18-7-6-8-19(13-18)29-14-17-11-9-16(4)10-12-17/h6-13,15,22H,5,14H2,1-4H3,(H2,25,26,28). The Hall–Kier alpha value is -3.28. The molecule has 0 radical (unpaired) electrons. The van der Waals surface area contributed by atoms with Crippen LogP contribution in [0, 0.1) is 6.92 Å². The maximum Gasteiger partial charge on any atom is 0.338 e. The lowest BCUT2D eigenvalue weighted by atomic mass is 9.94. The molecule has 1 unspecified atom stereocenters. The predicted molar refractivity (Wildman–Crippen MR) is 115 cm³/mol. The Labute approximate surface area is 177 Å². The summed E-state index contributed by atoms with van der Waals surface area (Å²) in [4.78, 5) is 25.0. The zero-order valence-corrected chi connectivity index (χ0v) is 17.8. The molecule has 1 aliphatic rings. The van der Waals surface area contributed by atoms with Crippen LogP contribution in [0.5, 0.6) is 5.75 Å². The van der Waals surface area contributed by atoms with Gasteiger partial charge in [-0.05, 0) is 50.5 Å². The van der Waals surface area contributed by atoms with Gasteiger partial charge in [-0.15, -0.1) is 0 Å². The van der Waals surface area contributed by atoms with Crippen LogP contribution in [0.4, 0.5) is 4.79 Å². The van der Waals surface area contributed by atoms with E-state index in [4.69, 9.17) is 9.47 Å². The van der Waals surface area contributed by atoms with Gasteiger partial charge in [-0.3, -0.25) is 0 Å². The molecule has 6 nitrogen and oxygen atoms in total. The summed E-state index contributed by atoms with van der Waals surface area (Å²) in [6.07, 6.45) is 0.251. The maximum absolute atomic E-state index is 12.8. The summed E-state index contributed by atoms with van der Waals surface area (Å²) in [6.45, 7) is 7.96. The minimum atomic E-state index is -0.608. The number of nitrogens with one attached hydrogen (secondary N) is 2. The third-order valence-electron chi connectivity index (χ3n) is 4.79. The number of urea groups is 1. The fourth-order valence-corrected chi connectivity index (χ4v) is 3.30. The van der Waals surface area contributed by atoms with Crippen molar-refractivity contribution < 1.29 is 19.1 Å². The second-order valence-electron chi connectivity index (χ2n) is 7.58. The van der Waals surface area contributed by atoms with Crippen molar-refractivity contribution in [2.75, 3.05) is 0 Å². The van der Waals surface area contributed by atoms with Crippen molar-refractivity contribution in [1.29, 1.82) is 0 Å². The molecule has 0 spiro atoms. The Morgan fingerprint density at radius 3 is 2.53 bits per heavy atom. The van der Waals surface area contributed by atoms with Crippen molar-refractivity contribution in [2.24, 2.45) is 0 Å². The van der Waals surface area contributed by atoms with Gasteiger partial charge in [-0.2, -0.15) is 0 Å². The van der Waals surface area contributed by atoms with Crippen molar-refractivity contribution in [3.63, 3.8) is 0 Å². The van der Waals surface area contributed by atoms with Crippen molar-refractivity contribution in [1.82, 2.24) is 10.6 Å². The van der Waals surface area contributed by atoms with Crippen LogP contribution in [0.2, 0.25) is 0 Å². The average molecular weight is 408 g/mol. The van der Waals surface area contributed by atoms with Crippen molar-refractivity contribution in [2.45, 2.75) is 52.9 Å². The lowest BCUT2D eigenvalue weighted by Crippen LogP contribution is -2.46. The van der Waals surface area contributed by atoms with Gasteiger partial charge in [-0.1, -0.05) is 48.9 Å². The molecule has 1 atom stereocenters. The van der Waals surface area contributed by atoms with Gasteiger partial charge in [0.1, 0.15) is 12.4 Å². The number of rotatable bonds is 7. The fourth-order valence-electron chi connectivity index (χ4n) is 3.30. The minimum Gasteiger partial charge on any atom is -0.489 e. The summed E-state index contributed by atoms with van der Waals surface area (Å²) in [5.74, 6) is 0.223. The van der Waals surface area contributed by atoms with Gasteiger partial charge in [0.2, 0.25) is 0 Å². The molecule has 0 saturated heterocycles. The second kappa shape index (κ2) is 9.48. The van der Waals surface area contributed by atoms with Gasteiger partial charge in [0.05, 0.1) is 17.7 Å². The summed E-state index contributed by atoms with van der Waals surface area (Å²) >= 11 is 0. The van der Waals surface area contributed by atoms with Gasteiger partial charge in [0, 0.05) is 5.70 Å². The first-order chi connectivity index (χ1) is 14.4. The molecule has 0 saturated carbocycles. The van der Waals surface area contributed by atoms with E-state index in [0.717, 1.165) is 11.1 Å². The molecule has 0 aromatic heterocycles.